The van der Waals surface area contributed by atoms with Crippen LogP contribution in [0.3, 0.4) is 0 Å². The molecule has 0 fully saturated rings. The quantitative estimate of drug-likeness (QED) is 0.408. The van der Waals surface area contributed by atoms with E-state index in [0.717, 1.165) is 0 Å². The van der Waals surface area contributed by atoms with E-state index in [1.54, 1.807) is 0 Å². The van der Waals surface area contributed by atoms with Gasteiger partial charge in [-0.25, -0.2) is 0 Å². The van der Waals surface area contributed by atoms with Gasteiger partial charge in [0.15, 0.2) is 0 Å². The first-order valence-corrected chi connectivity index (χ1v) is 0. The Morgan fingerprint density at radius 2 is 1.00 bits per heavy atom. The van der Waals surface area contributed by atoms with E-state index in [9.17, 15) is 0 Å². The molecule has 0 aromatic rings. The first-order chi connectivity index (χ1) is 0. The van der Waals surface area contributed by atoms with Crippen molar-refractivity contribution in [1.82, 2.24) is 0 Å². The van der Waals surface area contributed by atoms with Gasteiger partial charge in [-0.05, 0) is 0 Å². The molecule has 0 amide bonds. The first-order valence-electron chi connectivity index (χ1n) is 0. The minimum atomic E-state index is 0. The molecule has 0 aliphatic carbocycles. The molecular weight excluding hydrogens is 248 g/mol. The molecule has 0 unspecified atom stereocenters. The van der Waals surface area contributed by atoms with Crippen LogP contribution in [-0.2, 0) is 0 Å². The Balaban J connectivity index is 0. The molecule has 0 atom stereocenters. The van der Waals surface area contributed by atoms with Gasteiger partial charge in [-0.3, -0.25) is 0 Å². The molecule has 0 saturated heterocycles. The van der Waals surface area contributed by atoms with E-state index in [0.29, 0.717) is 0 Å². The van der Waals surface area contributed by atoms with Gasteiger partial charge in [0, 0.05) is 0 Å². The van der Waals surface area contributed by atoms with E-state index in [1.807, 2.05) is 0 Å². The second-order valence-corrected chi connectivity index (χ2v) is 0. The summed E-state index contributed by atoms with van der Waals surface area (Å²) >= 11 is 0. The molecule has 0 aliphatic heterocycles. The van der Waals surface area contributed by atoms with Crippen LogP contribution in [0.25, 0.3) is 0 Å². The van der Waals surface area contributed by atoms with Crippen molar-refractivity contribution < 1.29 is 0 Å². The van der Waals surface area contributed by atoms with Gasteiger partial charge >= 0.3 is 43.2 Å². The van der Waals surface area contributed by atoms with Gasteiger partial charge < -0.3 is 27.9 Å². The molecule has 0 nitrogen and oxygen atoms in total. The summed E-state index contributed by atoms with van der Waals surface area (Å²) in [4.78, 5) is 0. The molecule has 16 valence electrons. The summed E-state index contributed by atoms with van der Waals surface area (Å²) in [5.74, 6) is 0. The van der Waals surface area contributed by atoms with Gasteiger partial charge in [-0.2, -0.15) is 0 Å². The summed E-state index contributed by atoms with van der Waals surface area (Å²) in [5.41, 5.74) is 0. The standard InChI is InChI=1S/Al.As.In.P/q+3;-3;+3;-3. The molecule has 0 rings (SSSR count). The summed E-state index contributed by atoms with van der Waals surface area (Å²) in [6.45, 7) is 0. The fraction of sp³-hybridized carbons (Fsp3) is 0. The molecule has 0 N–H and O–H groups in total. The van der Waals surface area contributed by atoms with Gasteiger partial charge in [0.05, 0.1) is 0 Å². The SMILES string of the molecule is [Al+3].[As-3].[In+3].[P-3]. The van der Waals surface area contributed by atoms with E-state index in [1.165, 1.54) is 0 Å². The molecule has 0 aromatic heterocycles. The fourth-order valence-electron chi connectivity index (χ4n) is 0. The monoisotopic (exact) mass is 248 g/mol. The van der Waals surface area contributed by atoms with E-state index < -0.39 is 0 Å². The zero-order chi connectivity index (χ0) is 0. The van der Waals surface area contributed by atoms with Crippen LogP contribution < -0.4 is 0 Å². The largest absolute Gasteiger partial charge is 3.00 e. The maximum absolute atomic E-state index is 0. The predicted octanol–water partition coefficient (Wildman–Crippen LogP) is -0.281. The molecule has 0 aromatic carbocycles. The maximum Gasteiger partial charge on any atom is 3.00 e. The van der Waals surface area contributed by atoms with E-state index in [-0.39, 0.29) is 71.1 Å². The number of rotatable bonds is 0. The van der Waals surface area contributed by atoms with E-state index in [4.69, 9.17) is 0 Å². The topological polar surface area (TPSA) is 0 Å². The van der Waals surface area contributed by atoms with Gasteiger partial charge in [0.25, 0.3) is 0 Å². The molecule has 4 heavy (non-hydrogen) atoms. The van der Waals surface area contributed by atoms with Crippen LogP contribution in [0.2, 0.25) is 0 Å². The molecule has 0 heterocycles. The van der Waals surface area contributed by atoms with Crippen molar-refractivity contribution in [3.05, 3.63) is 0 Å². The van der Waals surface area contributed by atoms with Crippen molar-refractivity contribution in [2.24, 2.45) is 0 Å². The van der Waals surface area contributed by atoms with Crippen LogP contribution in [0.5, 0.6) is 0 Å². The first kappa shape index (κ1) is 32.5. The average molecular weight is 248 g/mol. The van der Waals surface area contributed by atoms with Gasteiger partial charge in [-0.1, -0.05) is 0 Å². The summed E-state index contributed by atoms with van der Waals surface area (Å²) in [6, 6.07) is 0. The third kappa shape index (κ3) is 8.83. The zero-order valence-corrected chi connectivity index (χ0v) is 9.27. The Morgan fingerprint density at radius 1 is 1.00 bits per heavy atom. The van der Waals surface area contributed by atoms with Gasteiger partial charge in [-0.15, -0.1) is 0 Å². The molecule has 0 radical (unpaired) electrons. The predicted molar refractivity (Wildman–Crippen MR) is 24.2 cm³/mol. The molecule has 0 bridgehead atoms. The Bertz CT molecular complexity index is 8.00. The van der Waals surface area contributed by atoms with Crippen molar-refractivity contribution in [1.29, 1.82) is 0 Å². The van der Waals surface area contributed by atoms with E-state index >= 15 is 0 Å². The Labute approximate surface area is 70.3 Å². The van der Waals surface area contributed by atoms with Gasteiger partial charge in [0.1, 0.15) is 0 Å². The minimum Gasteiger partial charge on any atom is -3.00 e. The molecule has 4 heteroatoms. The van der Waals surface area contributed by atoms with Crippen LogP contribution in [0.1, 0.15) is 0 Å². The molecule has 0 saturated carbocycles. The van der Waals surface area contributed by atoms with Crippen molar-refractivity contribution in [3.63, 3.8) is 0 Å². The third-order valence-corrected chi connectivity index (χ3v) is 0. The zero-order valence-electron chi connectivity index (χ0n) is 2.05. The Morgan fingerprint density at radius 3 is 1.00 bits per heavy atom. The summed E-state index contributed by atoms with van der Waals surface area (Å²) < 4.78 is 0. The Hall–Kier alpha value is 2.39. The normalized spacial score (nSPS) is 0. The van der Waals surface area contributed by atoms with Crippen LogP contribution >= 0.6 is 9.90 Å². The summed E-state index contributed by atoms with van der Waals surface area (Å²) in [7, 11) is 0. The number of hydrogen-bond donors (Lipinski definition) is 0. The molecule has 0 aliphatic rings. The van der Waals surface area contributed by atoms with Crippen molar-refractivity contribution in [2.45, 2.75) is 0 Å². The summed E-state index contributed by atoms with van der Waals surface area (Å²) in [6.07, 6.45) is 0. The van der Waals surface area contributed by atoms with Crippen LogP contribution in [0.4, 0.5) is 0 Å². The van der Waals surface area contributed by atoms with Crippen LogP contribution in [-0.4, -0.2) is 61.2 Å². The molecule has 0 spiro atoms. The second kappa shape index (κ2) is 18.2. The fourth-order valence-corrected chi connectivity index (χ4v) is 0. The smallest absolute Gasteiger partial charge is 3.00 e. The van der Waals surface area contributed by atoms with Crippen molar-refractivity contribution in [3.8, 4) is 0 Å². The van der Waals surface area contributed by atoms with Crippen LogP contribution in [0, 0.1) is 0 Å². The molecular formula is AlAsInP. The van der Waals surface area contributed by atoms with Crippen molar-refractivity contribution in [2.75, 3.05) is 0 Å². The van der Waals surface area contributed by atoms with Gasteiger partial charge in [0.2, 0.25) is 0 Å². The Kier molecular flexibility index (Phi) is 148. The minimum absolute atomic E-state index is 0. The third-order valence-electron chi connectivity index (χ3n) is 0. The van der Waals surface area contributed by atoms with E-state index in [2.05, 4.69) is 0 Å². The maximum atomic E-state index is 0. The summed E-state index contributed by atoms with van der Waals surface area (Å²) in [5, 5.41) is 0. The van der Waals surface area contributed by atoms with Crippen LogP contribution in [0.15, 0.2) is 0 Å². The van der Waals surface area contributed by atoms with Crippen molar-refractivity contribution >= 4 is 71.1 Å². The number of hydrogen-bond acceptors (Lipinski definition) is 0. The second-order valence-electron chi connectivity index (χ2n) is 0. The average Bonchev–Trinajstić information content (AvgIpc) is 0.